The van der Waals surface area contributed by atoms with Crippen LogP contribution in [0.4, 0.5) is 4.79 Å². The summed E-state index contributed by atoms with van der Waals surface area (Å²) in [4.78, 5) is 29.8. The van der Waals surface area contributed by atoms with E-state index in [1.165, 1.54) is 11.3 Å². The molecule has 1 atom stereocenters. The Morgan fingerprint density at radius 2 is 2.03 bits per heavy atom. The van der Waals surface area contributed by atoms with Gasteiger partial charge in [0.1, 0.15) is 27.4 Å². The number of carboxylic acid groups (broad SMARTS) is 1. The van der Waals surface area contributed by atoms with E-state index in [2.05, 4.69) is 20.9 Å². The molecule has 3 heterocycles. The molecule has 1 aromatic heterocycles. The average Bonchev–Trinajstić information content (AvgIpc) is 3.06. The van der Waals surface area contributed by atoms with Crippen molar-refractivity contribution in [3.63, 3.8) is 0 Å². The molecule has 1 amide bonds. The number of aromatic nitrogens is 1. The summed E-state index contributed by atoms with van der Waals surface area (Å²) in [5.41, 5.74) is -1.82. The first-order valence-corrected chi connectivity index (χ1v) is 11.3. The largest absolute Gasteiger partial charge is 0.480 e. The van der Waals surface area contributed by atoms with Crippen molar-refractivity contribution in [2.45, 2.75) is 63.3 Å². The van der Waals surface area contributed by atoms with Gasteiger partial charge in [0.25, 0.3) is 0 Å². The molecular formula is C19H27BrN2O6S. The van der Waals surface area contributed by atoms with Crippen LogP contribution in [0.25, 0.3) is 0 Å². The van der Waals surface area contributed by atoms with Crippen molar-refractivity contribution in [2.24, 2.45) is 0 Å². The van der Waals surface area contributed by atoms with Crippen LogP contribution in [0.5, 0.6) is 0 Å². The van der Waals surface area contributed by atoms with Crippen molar-refractivity contribution in [3.05, 3.63) is 15.0 Å². The highest BCUT2D eigenvalue weighted by molar-refractivity contribution is 9.10. The second-order valence-corrected chi connectivity index (χ2v) is 10.2. The monoisotopic (exact) mass is 490 g/mol. The minimum Gasteiger partial charge on any atom is -0.480 e. The molecule has 162 valence electrons. The molecule has 1 aromatic rings. The molecule has 0 aliphatic carbocycles. The van der Waals surface area contributed by atoms with E-state index < -0.39 is 29.4 Å². The van der Waals surface area contributed by atoms with Crippen molar-refractivity contribution < 1.29 is 28.9 Å². The number of likely N-dealkylation sites (tertiary alicyclic amines) is 1. The van der Waals surface area contributed by atoms with Gasteiger partial charge in [-0.1, -0.05) is 0 Å². The van der Waals surface area contributed by atoms with Crippen LogP contribution in [0.15, 0.2) is 9.98 Å². The number of thiazole rings is 1. The second kappa shape index (κ2) is 8.49. The predicted octanol–water partition coefficient (Wildman–Crippen LogP) is 3.78. The van der Waals surface area contributed by atoms with E-state index in [0.29, 0.717) is 50.0 Å². The summed E-state index contributed by atoms with van der Waals surface area (Å²) in [6.07, 6.45) is 2.00. The van der Waals surface area contributed by atoms with E-state index in [-0.39, 0.29) is 6.09 Å². The molecule has 10 heteroatoms. The summed E-state index contributed by atoms with van der Waals surface area (Å²) >= 11 is 4.83. The van der Waals surface area contributed by atoms with Gasteiger partial charge < -0.3 is 24.2 Å². The lowest BCUT2D eigenvalue weighted by Gasteiger charge is -2.49. The van der Waals surface area contributed by atoms with Gasteiger partial charge in [-0.05, 0) is 49.5 Å². The van der Waals surface area contributed by atoms with Gasteiger partial charge in [-0.3, -0.25) is 0 Å². The Bertz CT molecular complexity index is 756. The van der Waals surface area contributed by atoms with Crippen molar-refractivity contribution in [1.82, 2.24) is 9.88 Å². The molecule has 0 aromatic carbocycles. The maximum Gasteiger partial charge on any atom is 0.410 e. The summed E-state index contributed by atoms with van der Waals surface area (Å²) in [7, 11) is 0. The fraction of sp³-hybridized carbons (Fsp3) is 0.737. The Balaban J connectivity index is 1.74. The highest BCUT2D eigenvalue weighted by Gasteiger charge is 2.51. The van der Waals surface area contributed by atoms with E-state index in [0.717, 1.165) is 5.01 Å². The maximum atomic E-state index is 12.4. The zero-order chi connectivity index (χ0) is 21.3. The van der Waals surface area contributed by atoms with Crippen LogP contribution >= 0.6 is 27.3 Å². The van der Waals surface area contributed by atoms with Crippen LogP contribution in [-0.4, -0.2) is 64.6 Å². The lowest BCUT2D eigenvalue weighted by molar-refractivity contribution is -0.204. The third kappa shape index (κ3) is 5.48. The molecular weight excluding hydrogens is 464 g/mol. The van der Waals surface area contributed by atoms with Gasteiger partial charge in [0, 0.05) is 31.3 Å². The topological polar surface area (TPSA) is 98.2 Å². The average molecular weight is 491 g/mol. The van der Waals surface area contributed by atoms with Crippen molar-refractivity contribution in [2.75, 3.05) is 26.3 Å². The molecule has 0 radical (unpaired) electrons. The number of amides is 1. The molecule has 0 saturated carbocycles. The molecule has 0 bridgehead atoms. The molecule has 8 nitrogen and oxygen atoms in total. The van der Waals surface area contributed by atoms with Gasteiger partial charge in [0.2, 0.25) is 0 Å². The lowest BCUT2D eigenvalue weighted by atomic mass is 9.77. The molecule has 2 saturated heterocycles. The number of hydrogen-bond donors (Lipinski definition) is 1. The zero-order valence-corrected chi connectivity index (χ0v) is 19.3. The van der Waals surface area contributed by atoms with Gasteiger partial charge in [0.15, 0.2) is 0 Å². The second-order valence-electron chi connectivity index (χ2n) is 8.58. The first kappa shape index (κ1) is 22.5. The number of ether oxygens (including phenoxy) is 3. The minimum absolute atomic E-state index is 0.319. The van der Waals surface area contributed by atoms with Crippen molar-refractivity contribution in [3.8, 4) is 0 Å². The van der Waals surface area contributed by atoms with Gasteiger partial charge in [-0.2, -0.15) is 0 Å². The van der Waals surface area contributed by atoms with E-state index in [1.54, 1.807) is 4.90 Å². The number of halogens is 1. The number of aliphatic carboxylic acids is 1. The third-order valence-electron chi connectivity index (χ3n) is 5.19. The summed E-state index contributed by atoms with van der Waals surface area (Å²) in [6.45, 7) is 6.64. The number of carbonyl (C=O) groups excluding carboxylic acids is 1. The molecule has 2 aliphatic rings. The minimum atomic E-state index is -1.01. The van der Waals surface area contributed by atoms with E-state index in [1.807, 2.05) is 26.2 Å². The Morgan fingerprint density at radius 1 is 1.34 bits per heavy atom. The van der Waals surface area contributed by atoms with Crippen LogP contribution < -0.4 is 0 Å². The fourth-order valence-electron chi connectivity index (χ4n) is 3.87. The number of nitrogens with zero attached hydrogens (tertiary/aromatic N) is 2. The Hall–Kier alpha value is -1.23. The lowest BCUT2D eigenvalue weighted by Crippen LogP contribution is -2.55. The molecule has 3 rings (SSSR count). The van der Waals surface area contributed by atoms with E-state index in [9.17, 15) is 9.59 Å². The number of rotatable bonds is 4. The Kier molecular flexibility index (Phi) is 6.57. The fourth-order valence-corrected chi connectivity index (χ4v) is 5.30. The van der Waals surface area contributed by atoms with Crippen LogP contribution in [0, 0.1) is 0 Å². The van der Waals surface area contributed by atoms with Gasteiger partial charge in [0.05, 0.1) is 12.2 Å². The number of piperidine rings is 1. The quantitative estimate of drug-likeness (QED) is 0.685. The first-order chi connectivity index (χ1) is 13.5. The SMILES string of the molecule is CC(C)(C)OC(=O)N1CCC2(CC1)CC(OCC(=O)O)(c1nc(Br)cs1)CCO2. The standard InChI is InChI=1S/C19H27BrN2O6S/c1-17(2,3)28-16(25)22-7-4-18(5-8-22)12-19(6-9-26-18,27-10-14(23)24)15-21-13(20)11-29-15/h11H,4-10,12H2,1-3H3,(H,23,24). The summed E-state index contributed by atoms with van der Waals surface area (Å²) < 4.78 is 18.3. The third-order valence-corrected chi connectivity index (χ3v) is 6.92. The maximum absolute atomic E-state index is 12.4. The van der Waals surface area contributed by atoms with E-state index >= 15 is 0 Å². The van der Waals surface area contributed by atoms with Gasteiger partial charge in [-0.25, -0.2) is 14.6 Å². The van der Waals surface area contributed by atoms with Gasteiger partial charge >= 0.3 is 12.1 Å². The predicted molar refractivity (Wildman–Crippen MR) is 110 cm³/mol. The highest BCUT2D eigenvalue weighted by atomic mass is 79.9. The first-order valence-electron chi connectivity index (χ1n) is 9.62. The smallest absolute Gasteiger partial charge is 0.410 e. The highest BCUT2D eigenvalue weighted by Crippen LogP contribution is 2.47. The Morgan fingerprint density at radius 3 is 2.59 bits per heavy atom. The van der Waals surface area contributed by atoms with Crippen LogP contribution in [0.2, 0.25) is 0 Å². The molecule has 2 fully saturated rings. The molecule has 2 aliphatic heterocycles. The van der Waals surface area contributed by atoms with Crippen molar-refractivity contribution >= 4 is 39.3 Å². The van der Waals surface area contributed by atoms with Crippen molar-refractivity contribution in [1.29, 1.82) is 0 Å². The molecule has 1 unspecified atom stereocenters. The van der Waals surface area contributed by atoms with Crippen LogP contribution in [0.3, 0.4) is 0 Å². The van der Waals surface area contributed by atoms with Crippen LogP contribution in [0.1, 0.15) is 51.5 Å². The zero-order valence-electron chi connectivity index (χ0n) is 16.9. The number of hydrogen-bond acceptors (Lipinski definition) is 7. The molecule has 29 heavy (non-hydrogen) atoms. The summed E-state index contributed by atoms with van der Waals surface area (Å²) in [5.74, 6) is -1.01. The molecule has 1 N–H and O–H groups in total. The summed E-state index contributed by atoms with van der Waals surface area (Å²) in [6, 6.07) is 0. The normalized spacial score (nSPS) is 24.5. The van der Waals surface area contributed by atoms with E-state index in [4.69, 9.17) is 19.3 Å². The number of carbonyl (C=O) groups is 2. The Labute approximate surface area is 182 Å². The summed E-state index contributed by atoms with van der Waals surface area (Å²) in [5, 5.41) is 11.8. The van der Waals surface area contributed by atoms with Gasteiger partial charge in [-0.15, -0.1) is 11.3 Å². The van der Waals surface area contributed by atoms with Crippen LogP contribution in [-0.2, 0) is 24.6 Å². The number of carboxylic acids is 1. The molecule has 1 spiro atoms.